The van der Waals surface area contributed by atoms with E-state index in [2.05, 4.69) is 10.6 Å². The number of nitrogens with zero attached hydrogens (tertiary/aromatic N) is 4. The lowest BCUT2D eigenvalue weighted by Crippen LogP contribution is -2.50. The molecule has 4 rings (SSSR count). The number of hydrogen-bond acceptors (Lipinski definition) is 13. The van der Waals surface area contributed by atoms with Gasteiger partial charge in [0, 0.05) is 56.6 Å². The molecule has 0 spiro atoms. The van der Waals surface area contributed by atoms with Crippen LogP contribution >= 0.6 is 12.2 Å². The van der Waals surface area contributed by atoms with E-state index in [1.807, 2.05) is 30.3 Å². The van der Waals surface area contributed by atoms with E-state index in [9.17, 15) is 39.3 Å². The number of carboxylic acids is 3. The Morgan fingerprint density at radius 2 is 1.45 bits per heavy atom. The van der Waals surface area contributed by atoms with Gasteiger partial charge in [0.05, 0.1) is 44.2 Å². The van der Waals surface area contributed by atoms with Gasteiger partial charge in [0.2, 0.25) is 0 Å². The number of carboxylic acid groups (broad SMARTS) is 3. The minimum atomic E-state index is -1.05. The number of rotatable bonds is 17. The molecule has 56 heavy (non-hydrogen) atoms. The third-order valence-corrected chi connectivity index (χ3v) is 8.76. The van der Waals surface area contributed by atoms with Gasteiger partial charge in [-0.25, -0.2) is 4.79 Å². The van der Waals surface area contributed by atoms with Crippen molar-refractivity contribution in [1.29, 1.82) is 0 Å². The van der Waals surface area contributed by atoms with Crippen LogP contribution in [0.5, 0.6) is 5.75 Å². The van der Waals surface area contributed by atoms with Crippen LogP contribution in [-0.4, -0.2) is 142 Å². The van der Waals surface area contributed by atoms with Crippen molar-refractivity contribution < 1.29 is 53.5 Å². The van der Waals surface area contributed by atoms with E-state index in [1.54, 1.807) is 39.0 Å². The van der Waals surface area contributed by atoms with Gasteiger partial charge in [-0.3, -0.25) is 38.9 Å². The van der Waals surface area contributed by atoms with Crippen molar-refractivity contribution in [2.45, 2.75) is 32.5 Å². The van der Waals surface area contributed by atoms with Crippen molar-refractivity contribution in [3.05, 3.63) is 89.2 Å². The summed E-state index contributed by atoms with van der Waals surface area (Å²) in [6.45, 7) is 2.50. The summed E-state index contributed by atoms with van der Waals surface area (Å²) in [7, 11) is 0. The van der Waals surface area contributed by atoms with Crippen molar-refractivity contribution in [1.82, 2.24) is 25.0 Å². The lowest BCUT2D eigenvalue weighted by Gasteiger charge is -2.36. The van der Waals surface area contributed by atoms with Crippen LogP contribution in [0.2, 0.25) is 0 Å². The standard InChI is InChI=1S/C38H46N6O11S/c1-26(45)28-7-11-33(12-8-28)55-38(52)54-18-17-53-16-13-39-37(56)41-29-9-5-27(6-10-29)19-32-22-43(24-35(48)49)15-14-42(23-34(46)47)20-30-3-2-4-31(40-30)21-44(32)25-36(50)51/h2-12,32H,13-25H2,1H3,(H,46,47)(H,48,49)(H,50,51)(H2,39,41,56). The molecule has 0 saturated carbocycles. The van der Waals surface area contributed by atoms with E-state index in [1.165, 1.54) is 19.1 Å². The van der Waals surface area contributed by atoms with Crippen molar-refractivity contribution in [2.24, 2.45) is 0 Å². The Labute approximate surface area is 329 Å². The normalized spacial score (nSPS) is 15.4. The number of carbonyl (C=O) groups is 5. The number of pyridine rings is 1. The number of ketones is 1. The number of anilines is 1. The average Bonchev–Trinajstić information content (AvgIpc) is 3.13. The van der Waals surface area contributed by atoms with Gasteiger partial charge in [0.25, 0.3) is 0 Å². The van der Waals surface area contributed by atoms with Crippen LogP contribution < -0.4 is 15.4 Å². The van der Waals surface area contributed by atoms with Crippen molar-refractivity contribution >= 4 is 52.9 Å². The summed E-state index contributed by atoms with van der Waals surface area (Å²) in [5, 5.41) is 35.6. The molecule has 0 fully saturated rings. The number of hydrogen-bond donors (Lipinski definition) is 5. The van der Waals surface area contributed by atoms with E-state index in [0.29, 0.717) is 40.7 Å². The minimum Gasteiger partial charge on any atom is -0.480 e. The summed E-state index contributed by atoms with van der Waals surface area (Å²) in [6.07, 6.45) is -0.505. The lowest BCUT2D eigenvalue weighted by atomic mass is 10.0. The fourth-order valence-corrected chi connectivity index (χ4v) is 6.15. The highest BCUT2D eigenvalue weighted by Crippen LogP contribution is 2.19. The molecule has 0 saturated heterocycles. The molecule has 0 aliphatic carbocycles. The first-order valence-corrected chi connectivity index (χ1v) is 18.2. The number of fused-ring (bicyclic) bond motifs is 2. The monoisotopic (exact) mass is 794 g/mol. The maximum absolute atomic E-state index is 12.1. The molecular weight excluding hydrogens is 749 g/mol. The number of thiocarbonyl (C=S) groups is 1. The summed E-state index contributed by atoms with van der Waals surface area (Å²) in [5.41, 5.74) is 3.31. The summed E-state index contributed by atoms with van der Waals surface area (Å²) in [5.74, 6) is -2.94. The topological polar surface area (TPSA) is 220 Å². The highest BCUT2D eigenvalue weighted by atomic mass is 32.1. The molecule has 1 unspecified atom stereocenters. The summed E-state index contributed by atoms with van der Waals surface area (Å²) in [4.78, 5) is 68.7. The van der Waals surface area contributed by atoms with Crippen molar-refractivity contribution in [3.8, 4) is 5.75 Å². The van der Waals surface area contributed by atoms with Gasteiger partial charge in [-0.2, -0.15) is 0 Å². The molecule has 3 aromatic rings. The smallest absolute Gasteiger partial charge is 0.480 e. The van der Waals surface area contributed by atoms with Crippen LogP contribution in [0.15, 0.2) is 66.7 Å². The number of nitrogens with one attached hydrogen (secondary N) is 2. The molecule has 5 N–H and O–H groups in total. The van der Waals surface area contributed by atoms with Crippen LogP contribution in [-0.2, 0) is 43.4 Å². The van der Waals surface area contributed by atoms with Crippen LogP contribution in [0.25, 0.3) is 0 Å². The van der Waals surface area contributed by atoms with Gasteiger partial charge in [-0.15, -0.1) is 0 Å². The summed E-state index contributed by atoms with van der Waals surface area (Å²) >= 11 is 5.41. The molecule has 1 aromatic heterocycles. The Kier molecular flexibility index (Phi) is 17.1. The SMILES string of the molecule is CC(=O)c1ccc(OC(=O)OCCOCCNC(=S)Nc2ccc(CC3CN(CC(=O)O)CCN(CC(=O)O)Cc4cccc(n4)CN3CC(=O)O)cc2)cc1. The number of benzene rings is 2. The highest BCUT2D eigenvalue weighted by Gasteiger charge is 2.27. The third kappa shape index (κ3) is 15.7. The molecule has 2 bridgehead atoms. The number of aromatic nitrogens is 1. The second kappa shape index (κ2) is 22.1. The fraction of sp³-hybridized carbons (Fsp3) is 0.395. The highest BCUT2D eigenvalue weighted by molar-refractivity contribution is 7.80. The molecule has 1 aliphatic heterocycles. The molecule has 1 aliphatic rings. The van der Waals surface area contributed by atoms with E-state index in [0.717, 1.165) is 5.56 Å². The Balaban J connectivity index is 1.29. The van der Waals surface area contributed by atoms with Gasteiger partial charge in [-0.05, 0) is 79.7 Å². The first-order chi connectivity index (χ1) is 26.8. The molecular formula is C38H46N6O11S. The second-order valence-electron chi connectivity index (χ2n) is 13.0. The van der Waals surface area contributed by atoms with Crippen LogP contribution in [0.1, 0.15) is 34.2 Å². The first kappa shape index (κ1) is 43.2. The minimum absolute atomic E-state index is 0.0264. The summed E-state index contributed by atoms with van der Waals surface area (Å²) < 4.78 is 15.5. The average molecular weight is 795 g/mol. The molecule has 1 atom stereocenters. The number of ether oxygens (including phenoxy) is 3. The third-order valence-electron chi connectivity index (χ3n) is 8.51. The quantitative estimate of drug-likeness (QED) is 0.0436. The zero-order valence-electron chi connectivity index (χ0n) is 30.9. The molecule has 2 aromatic carbocycles. The second-order valence-corrected chi connectivity index (χ2v) is 13.4. The van der Waals surface area contributed by atoms with E-state index in [4.69, 9.17) is 31.4 Å². The largest absolute Gasteiger partial charge is 0.513 e. The number of aliphatic carboxylic acids is 3. The zero-order chi connectivity index (χ0) is 40.5. The van der Waals surface area contributed by atoms with Crippen molar-refractivity contribution in [2.75, 3.05) is 71.0 Å². The molecule has 2 heterocycles. The molecule has 0 radical (unpaired) electrons. The van der Waals surface area contributed by atoms with Gasteiger partial charge < -0.3 is 40.2 Å². The predicted octanol–water partition coefficient (Wildman–Crippen LogP) is 2.59. The zero-order valence-corrected chi connectivity index (χ0v) is 31.7. The summed E-state index contributed by atoms with van der Waals surface area (Å²) in [6, 6.07) is 18.5. The Morgan fingerprint density at radius 1 is 0.804 bits per heavy atom. The van der Waals surface area contributed by atoms with Gasteiger partial charge >= 0.3 is 24.1 Å². The van der Waals surface area contributed by atoms with Crippen molar-refractivity contribution in [3.63, 3.8) is 0 Å². The Hall–Kier alpha value is -5.53. The maximum Gasteiger partial charge on any atom is 0.513 e. The first-order valence-electron chi connectivity index (χ1n) is 17.8. The molecule has 0 amide bonds. The van der Waals surface area contributed by atoms with E-state index in [-0.39, 0.29) is 83.7 Å². The Morgan fingerprint density at radius 3 is 2.11 bits per heavy atom. The van der Waals surface area contributed by atoms with Crippen LogP contribution in [0.3, 0.4) is 0 Å². The van der Waals surface area contributed by atoms with Gasteiger partial charge in [0.15, 0.2) is 10.9 Å². The van der Waals surface area contributed by atoms with Crippen LogP contribution in [0, 0.1) is 0 Å². The van der Waals surface area contributed by atoms with Gasteiger partial charge in [-0.1, -0.05) is 18.2 Å². The predicted molar refractivity (Wildman–Crippen MR) is 207 cm³/mol. The fourth-order valence-electron chi connectivity index (χ4n) is 5.93. The van der Waals surface area contributed by atoms with Gasteiger partial charge in [0.1, 0.15) is 12.4 Å². The van der Waals surface area contributed by atoms with E-state index < -0.39 is 30.1 Å². The number of Topliss-reactive ketones (excluding diaryl/α,β-unsaturated/α-hetero) is 1. The maximum atomic E-state index is 12.1. The Bertz CT molecular complexity index is 1810. The molecule has 300 valence electrons. The molecule has 17 nitrogen and oxygen atoms in total. The lowest BCUT2D eigenvalue weighted by molar-refractivity contribution is -0.141. The van der Waals surface area contributed by atoms with E-state index >= 15 is 0 Å². The number of carbonyl (C=O) groups excluding carboxylic acids is 2. The molecule has 18 heteroatoms. The van der Waals surface area contributed by atoms with Crippen LogP contribution in [0.4, 0.5) is 10.5 Å².